The fraction of sp³-hybridized carbons (Fsp3) is 0.333. The van der Waals surface area contributed by atoms with E-state index in [2.05, 4.69) is 16.6 Å². The molecule has 1 aliphatic rings. The van der Waals surface area contributed by atoms with E-state index in [9.17, 15) is 4.79 Å². The topological polar surface area (TPSA) is 67.5 Å². The SMILES string of the molecule is NC(=O)N/N=C1/CCCCc2ccccc21. The summed E-state index contributed by atoms with van der Waals surface area (Å²) in [5.74, 6) is 0. The van der Waals surface area contributed by atoms with Gasteiger partial charge in [0.1, 0.15) is 0 Å². The molecule has 84 valence electrons. The fourth-order valence-electron chi connectivity index (χ4n) is 2.00. The Morgan fingerprint density at radius 1 is 1.25 bits per heavy atom. The maximum Gasteiger partial charge on any atom is 0.332 e. The molecule has 0 aliphatic heterocycles. The Bertz CT molecular complexity index is 426. The zero-order valence-electron chi connectivity index (χ0n) is 9.07. The lowest BCUT2D eigenvalue weighted by Gasteiger charge is -2.06. The number of rotatable bonds is 1. The highest BCUT2D eigenvalue weighted by atomic mass is 16.2. The lowest BCUT2D eigenvalue weighted by Crippen LogP contribution is -2.26. The molecule has 0 saturated carbocycles. The van der Waals surface area contributed by atoms with Gasteiger partial charge < -0.3 is 5.73 Å². The summed E-state index contributed by atoms with van der Waals surface area (Å²) < 4.78 is 0. The second kappa shape index (κ2) is 4.79. The number of benzene rings is 1. The molecule has 4 heteroatoms. The van der Waals surface area contributed by atoms with E-state index < -0.39 is 6.03 Å². The Morgan fingerprint density at radius 3 is 2.81 bits per heavy atom. The van der Waals surface area contributed by atoms with Gasteiger partial charge in [0.2, 0.25) is 0 Å². The van der Waals surface area contributed by atoms with E-state index in [1.165, 1.54) is 5.56 Å². The molecule has 2 rings (SSSR count). The first-order valence-electron chi connectivity index (χ1n) is 5.47. The molecular weight excluding hydrogens is 202 g/mol. The zero-order chi connectivity index (χ0) is 11.4. The average molecular weight is 217 g/mol. The van der Waals surface area contributed by atoms with Gasteiger partial charge in [-0.25, -0.2) is 10.2 Å². The smallest absolute Gasteiger partial charge is 0.332 e. The quantitative estimate of drug-likeness (QED) is 0.546. The third kappa shape index (κ3) is 2.39. The lowest BCUT2D eigenvalue weighted by molar-refractivity contribution is 0.249. The number of aryl methyl sites for hydroxylation is 1. The second-order valence-corrected chi connectivity index (χ2v) is 3.90. The van der Waals surface area contributed by atoms with E-state index in [1.54, 1.807) is 0 Å². The van der Waals surface area contributed by atoms with Crippen molar-refractivity contribution in [2.75, 3.05) is 0 Å². The first-order chi connectivity index (χ1) is 7.77. The minimum Gasteiger partial charge on any atom is -0.350 e. The van der Waals surface area contributed by atoms with E-state index in [4.69, 9.17) is 5.73 Å². The van der Waals surface area contributed by atoms with Crippen LogP contribution in [0.2, 0.25) is 0 Å². The summed E-state index contributed by atoms with van der Waals surface area (Å²) >= 11 is 0. The third-order valence-corrected chi connectivity index (χ3v) is 2.74. The number of primary amides is 1. The second-order valence-electron chi connectivity index (χ2n) is 3.90. The van der Waals surface area contributed by atoms with Crippen LogP contribution >= 0.6 is 0 Å². The van der Waals surface area contributed by atoms with Gasteiger partial charge in [0.05, 0.1) is 5.71 Å². The van der Waals surface area contributed by atoms with Gasteiger partial charge in [-0.15, -0.1) is 0 Å². The molecule has 0 unspecified atom stereocenters. The van der Waals surface area contributed by atoms with Gasteiger partial charge in [-0.3, -0.25) is 0 Å². The molecule has 0 bridgehead atoms. The van der Waals surface area contributed by atoms with Gasteiger partial charge in [-0.1, -0.05) is 24.3 Å². The van der Waals surface area contributed by atoms with E-state index >= 15 is 0 Å². The average Bonchev–Trinajstić information content (AvgIpc) is 2.48. The van der Waals surface area contributed by atoms with E-state index in [0.717, 1.165) is 37.0 Å². The maximum atomic E-state index is 10.6. The van der Waals surface area contributed by atoms with Gasteiger partial charge >= 0.3 is 6.03 Å². The molecule has 3 N–H and O–H groups in total. The summed E-state index contributed by atoms with van der Waals surface area (Å²) in [4.78, 5) is 10.6. The normalized spacial score (nSPS) is 17.6. The molecule has 0 spiro atoms. The van der Waals surface area contributed by atoms with Crippen LogP contribution in [0.15, 0.2) is 29.4 Å². The number of fused-ring (bicyclic) bond motifs is 1. The van der Waals surface area contributed by atoms with Crippen LogP contribution in [0.5, 0.6) is 0 Å². The summed E-state index contributed by atoms with van der Waals surface area (Å²) in [5, 5.41) is 4.08. The standard InChI is InChI=1S/C12H15N3O/c13-12(16)15-14-11-8-4-2-6-9-5-1-3-7-10(9)11/h1,3,5,7H,2,4,6,8H2,(H3,13,15,16)/b14-11-. The van der Waals surface area contributed by atoms with E-state index in [-0.39, 0.29) is 0 Å². The van der Waals surface area contributed by atoms with Gasteiger partial charge in [-0.2, -0.15) is 5.10 Å². The third-order valence-electron chi connectivity index (χ3n) is 2.74. The molecule has 1 aromatic rings. The van der Waals surface area contributed by atoms with Crippen LogP contribution in [0, 0.1) is 0 Å². The fourth-order valence-corrected chi connectivity index (χ4v) is 2.00. The monoisotopic (exact) mass is 217 g/mol. The van der Waals surface area contributed by atoms with E-state index in [1.807, 2.05) is 18.2 Å². The van der Waals surface area contributed by atoms with Crippen molar-refractivity contribution in [2.45, 2.75) is 25.7 Å². The highest BCUT2D eigenvalue weighted by Gasteiger charge is 2.13. The maximum absolute atomic E-state index is 10.6. The van der Waals surface area contributed by atoms with E-state index in [0.29, 0.717) is 0 Å². The Kier molecular flexibility index (Phi) is 3.19. The molecule has 4 nitrogen and oxygen atoms in total. The van der Waals surface area contributed by atoms with Gasteiger partial charge in [0, 0.05) is 5.56 Å². The number of carbonyl (C=O) groups excluding carboxylic acids is 1. The molecular formula is C12H15N3O. The molecule has 1 aromatic carbocycles. The van der Waals surface area contributed by atoms with Crippen LogP contribution in [-0.4, -0.2) is 11.7 Å². The summed E-state index contributed by atoms with van der Waals surface area (Å²) in [6, 6.07) is 7.56. The Labute approximate surface area is 94.5 Å². The van der Waals surface area contributed by atoms with Crippen molar-refractivity contribution in [1.29, 1.82) is 0 Å². The van der Waals surface area contributed by atoms with Crippen molar-refractivity contribution in [3.05, 3.63) is 35.4 Å². The summed E-state index contributed by atoms with van der Waals surface area (Å²) in [7, 11) is 0. The minimum atomic E-state index is -0.616. The van der Waals surface area contributed by atoms with Crippen LogP contribution in [0.3, 0.4) is 0 Å². The molecule has 2 amide bonds. The molecule has 16 heavy (non-hydrogen) atoms. The van der Waals surface area contributed by atoms with Gasteiger partial charge in [0.15, 0.2) is 0 Å². The highest BCUT2D eigenvalue weighted by Crippen LogP contribution is 2.20. The molecule has 0 heterocycles. The van der Waals surface area contributed by atoms with Crippen LogP contribution in [0.4, 0.5) is 4.79 Å². The Balaban J connectivity index is 2.32. The van der Waals surface area contributed by atoms with Crippen molar-refractivity contribution in [3.8, 4) is 0 Å². The lowest BCUT2D eigenvalue weighted by atomic mass is 10.0. The van der Waals surface area contributed by atoms with Crippen molar-refractivity contribution >= 4 is 11.7 Å². The van der Waals surface area contributed by atoms with Crippen LogP contribution in [0.25, 0.3) is 0 Å². The number of nitrogens with two attached hydrogens (primary N) is 1. The van der Waals surface area contributed by atoms with Crippen molar-refractivity contribution in [1.82, 2.24) is 5.43 Å². The molecule has 0 atom stereocenters. The number of amides is 2. The number of hydrogen-bond donors (Lipinski definition) is 2. The highest BCUT2D eigenvalue weighted by molar-refractivity contribution is 6.02. The summed E-state index contributed by atoms with van der Waals surface area (Å²) in [6.07, 6.45) is 4.21. The molecule has 0 saturated heterocycles. The zero-order valence-corrected chi connectivity index (χ0v) is 9.07. The number of carbonyl (C=O) groups is 1. The van der Waals surface area contributed by atoms with Crippen molar-refractivity contribution in [3.63, 3.8) is 0 Å². The first-order valence-corrected chi connectivity index (χ1v) is 5.47. The number of hydrogen-bond acceptors (Lipinski definition) is 2. The van der Waals surface area contributed by atoms with Crippen LogP contribution < -0.4 is 11.2 Å². The number of nitrogens with one attached hydrogen (secondary N) is 1. The number of hydrazone groups is 1. The Morgan fingerprint density at radius 2 is 2.00 bits per heavy atom. The summed E-state index contributed by atoms with van der Waals surface area (Å²) in [5.41, 5.74) is 10.7. The molecule has 0 radical (unpaired) electrons. The van der Waals surface area contributed by atoms with Gasteiger partial charge in [0.25, 0.3) is 0 Å². The van der Waals surface area contributed by atoms with Crippen LogP contribution in [0.1, 0.15) is 30.4 Å². The largest absolute Gasteiger partial charge is 0.350 e. The predicted molar refractivity (Wildman–Crippen MR) is 63.3 cm³/mol. The first kappa shape index (κ1) is 10.7. The molecule has 0 fully saturated rings. The predicted octanol–water partition coefficient (Wildman–Crippen LogP) is 1.79. The molecule has 1 aliphatic carbocycles. The van der Waals surface area contributed by atoms with Gasteiger partial charge in [-0.05, 0) is 31.2 Å². The molecule has 0 aromatic heterocycles. The van der Waals surface area contributed by atoms with Crippen molar-refractivity contribution in [2.24, 2.45) is 10.8 Å². The number of urea groups is 1. The summed E-state index contributed by atoms with van der Waals surface area (Å²) in [6.45, 7) is 0. The minimum absolute atomic E-state index is 0.616. The number of nitrogens with zero attached hydrogens (tertiary/aromatic N) is 1. The Hall–Kier alpha value is -1.84. The van der Waals surface area contributed by atoms with Crippen molar-refractivity contribution < 1.29 is 4.79 Å². The van der Waals surface area contributed by atoms with Crippen LogP contribution in [-0.2, 0) is 6.42 Å².